The zero-order valence-electron chi connectivity index (χ0n) is 13.5. The highest BCUT2D eigenvalue weighted by atomic mass is 16.5. The highest BCUT2D eigenvalue weighted by molar-refractivity contribution is 5.88. The molecule has 3 aromatic rings. The number of hydrogen-bond acceptors (Lipinski definition) is 2. The predicted molar refractivity (Wildman–Crippen MR) is 94.1 cm³/mol. The maximum absolute atomic E-state index is 12.3. The summed E-state index contributed by atoms with van der Waals surface area (Å²) in [7, 11) is 0. The molecule has 2 aromatic carbocycles. The van der Waals surface area contributed by atoms with Gasteiger partial charge in [-0.05, 0) is 41.7 Å². The Morgan fingerprint density at radius 1 is 1.21 bits per heavy atom. The molecule has 0 atom stereocenters. The van der Waals surface area contributed by atoms with Crippen molar-refractivity contribution in [2.45, 2.75) is 25.8 Å². The largest absolute Gasteiger partial charge is 0.493 e. The number of para-hydroxylation sites is 1. The molecule has 4 nitrogen and oxygen atoms in total. The van der Waals surface area contributed by atoms with Crippen LogP contribution in [0.15, 0.2) is 48.7 Å². The Hall–Kier alpha value is -2.75. The van der Waals surface area contributed by atoms with Crippen LogP contribution in [0.1, 0.15) is 23.1 Å². The lowest BCUT2D eigenvalue weighted by atomic mass is 10.0. The number of fused-ring (bicyclic) bond motifs is 2. The monoisotopic (exact) mass is 320 g/mol. The van der Waals surface area contributed by atoms with E-state index in [4.69, 9.17) is 4.74 Å². The summed E-state index contributed by atoms with van der Waals surface area (Å²) in [5.74, 6) is 1.02. The molecule has 4 rings (SSSR count). The lowest BCUT2D eigenvalue weighted by Crippen LogP contribution is -2.24. The van der Waals surface area contributed by atoms with Gasteiger partial charge in [-0.2, -0.15) is 0 Å². The first-order valence-corrected chi connectivity index (χ1v) is 8.36. The minimum atomic E-state index is 0.0359. The topological polar surface area (TPSA) is 54.1 Å². The molecule has 122 valence electrons. The number of benzene rings is 2. The maximum atomic E-state index is 12.3. The third-order valence-corrected chi connectivity index (χ3v) is 4.49. The van der Waals surface area contributed by atoms with E-state index in [2.05, 4.69) is 16.4 Å². The summed E-state index contributed by atoms with van der Waals surface area (Å²) < 4.78 is 5.62. The van der Waals surface area contributed by atoms with Gasteiger partial charge in [0.2, 0.25) is 5.91 Å². The molecule has 1 aromatic heterocycles. The van der Waals surface area contributed by atoms with Crippen molar-refractivity contribution in [3.63, 3.8) is 0 Å². The number of ether oxygens (including phenoxy) is 1. The van der Waals surface area contributed by atoms with Gasteiger partial charge in [-0.15, -0.1) is 0 Å². The van der Waals surface area contributed by atoms with Crippen LogP contribution >= 0.6 is 0 Å². The maximum Gasteiger partial charge on any atom is 0.224 e. The molecular weight excluding hydrogens is 300 g/mol. The van der Waals surface area contributed by atoms with Gasteiger partial charge in [-0.3, -0.25) is 4.79 Å². The molecule has 4 heteroatoms. The van der Waals surface area contributed by atoms with E-state index in [1.54, 1.807) is 0 Å². The van der Waals surface area contributed by atoms with E-state index in [0.717, 1.165) is 47.2 Å². The zero-order chi connectivity index (χ0) is 16.4. The first-order chi connectivity index (χ1) is 11.8. The standard InChI is InChI=1S/C20H20N2O2/c23-20(11-16-13-21-18-6-2-1-5-17(16)18)22-12-14-7-8-19-15(10-14)4-3-9-24-19/h1-2,5-8,10,13,21H,3-4,9,11-12H2,(H,22,23). The van der Waals surface area contributed by atoms with Gasteiger partial charge in [-0.25, -0.2) is 0 Å². The van der Waals surface area contributed by atoms with E-state index < -0.39 is 0 Å². The Morgan fingerprint density at radius 2 is 2.12 bits per heavy atom. The van der Waals surface area contributed by atoms with Crippen molar-refractivity contribution in [2.75, 3.05) is 6.61 Å². The van der Waals surface area contributed by atoms with E-state index in [0.29, 0.717) is 13.0 Å². The van der Waals surface area contributed by atoms with Crippen LogP contribution in [0.25, 0.3) is 10.9 Å². The van der Waals surface area contributed by atoms with Crippen LogP contribution < -0.4 is 10.1 Å². The van der Waals surface area contributed by atoms with E-state index in [9.17, 15) is 4.79 Å². The zero-order valence-corrected chi connectivity index (χ0v) is 13.5. The normalized spacial score (nSPS) is 13.3. The van der Waals surface area contributed by atoms with Gasteiger partial charge < -0.3 is 15.0 Å². The molecule has 0 aliphatic carbocycles. The van der Waals surface area contributed by atoms with Crippen LogP contribution in [0.4, 0.5) is 0 Å². The molecule has 0 saturated heterocycles. The molecule has 0 fully saturated rings. The van der Waals surface area contributed by atoms with Crippen LogP contribution in [0, 0.1) is 0 Å². The number of hydrogen-bond donors (Lipinski definition) is 2. The Bertz CT molecular complexity index is 882. The highest BCUT2D eigenvalue weighted by Crippen LogP contribution is 2.25. The lowest BCUT2D eigenvalue weighted by molar-refractivity contribution is -0.120. The van der Waals surface area contributed by atoms with Crippen LogP contribution in [0.5, 0.6) is 5.75 Å². The van der Waals surface area contributed by atoms with E-state index >= 15 is 0 Å². The Balaban J connectivity index is 1.40. The third-order valence-electron chi connectivity index (χ3n) is 4.49. The quantitative estimate of drug-likeness (QED) is 0.774. The number of aryl methyl sites for hydroxylation is 1. The summed E-state index contributed by atoms with van der Waals surface area (Å²) in [6.45, 7) is 1.35. The molecule has 2 N–H and O–H groups in total. The van der Waals surface area contributed by atoms with Gasteiger partial charge in [0.1, 0.15) is 5.75 Å². The lowest BCUT2D eigenvalue weighted by Gasteiger charge is -2.18. The second-order valence-electron chi connectivity index (χ2n) is 6.21. The fourth-order valence-electron chi connectivity index (χ4n) is 3.24. The van der Waals surface area contributed by atoms with Crippen molar-refractivity contribution in [3.05, 3.63) is 65.4 Å². The molecule has 24 heavy (non-hydrogen) atoms. The molecule has 0 radical (unpaired) electrons. The number of amides is 1. The summed E-state index contributed by atoms with van der Waals surface area (Å²) in [4.78, 5) is 15.5. The summed E-state index contributed by atoms with van der Waals surface area (Å²) in [5.41, 5.74) is 4.45. The van der Waals surface area contributed by atoms with Crippen molar-refractivity contribution in [2.24, 2.45) is 0 Å². The molecule has 1 aliphatic heterocycles. The van der Waals surface area contributed by atoms with Crippen LogP contribution in [0.3, 0.4) is 0 Å². The second kappa shape index (κ2) is 6.40. The second-order valence-corrected chi connectivity index (χ2v) is 6.21. The molecular formula is C20H20N2O2. The molecule has 0 spiro atoms. The van der Waals surface area contributed by atoms with Crippen molar-refractivity contribution in [1.82, 2.24) is 10.3 Å². The minimum Gasteiger partial charge on any atom is -0.493 e. The summed E-state index contributed by atoms with van der Waals surface area (Å²) in [5, 5.41) is 4.12. The van der Waals surface area contributed by atoms with E-state index in [1.807, 2.05) is 42.6 Å². The number of aromatic amines is 1. The van der Waals surface area contributed by atoms with Crippen molar-refractivity contribution < 1.29 is 9.53 Å². The summed E-state index contributed by atoms with van der Waals surface area (Å²) >= 11 is 0. The average Bonchev–Trinajstić information content (AvgIpc) is 3.03. The Kier molecular flexibility index (Phi) is 3.95. The van der Waals surface area contributed by atoms with Crippen molar-refractivity contribution >= 4 is 16.8 Å². The smallest absolute Gasteiger partial charge is 0.224 e. The van der Waals surface area contributed by atoms with E-state index in [-0.39, 0.29) is 5.91 Å². The number of aromatic nitrogens is 1. The Labute approximate surface area is 140 Å². The SMILES string of the molecule is O=C(Cc1c[nH]c2ccccc12)NCc1ccc2c(c1)CCCO2. The number of H-pyrrole nitrogens is 1. The summed E-state index contributed by atoms with van der Waals surface area (Å²) in [6, 6.07) is 14.2. The molecule has 2 heterocycles. The first kappa shape index (κ1) is 14.8. The van der Waals surface area contributed by atoms with Gasteiger partial charge in [0.15, 0.2) is 0 Å². The fourth-order valence-corrected chi connectivity index (χ4v) is 3.24. The van der Waals surface area contributed by atoms with Crippen molar-refractivity contribution in [3.8, 4) is 5.75 Å². The fraction of sp³-hybridized carbons (Fsp3) is 0.250. The van der Waals surface area contributed by atoms with Crippen LogP contribution in [0.2, 0.25) is 0 Å². The van der Waals surface area contributed by atoms with E-state index in [1.165, 1.54) is 5.56 Å². The van der Waals surface area contributed by atoms with Crippen LogP contribution in [-0.2, 0) is 24.2 Å². The average molecular weight is 320 g/mol. The highest BCUT2D eigenvalue weighted by Gasteiger charge is 2.12. The number of nitrogens with one attached hydrogen (secondary N) is 2. The van der Waals surface area contributed by atoms with Gasteiger partial charge in [0, 0.05) is 23.6 Å². The molecule has 1 aliphatic rings. The number of carbonyl (C=O) groups excluding carboxylic acids is 1. The molecule has 1 amide bonds. The minimum absolute atomic E-state index is 0.0359. The first-order valence-electron chi connectivity index (χ1n) is 8.36. The molecule has 0 saturated carbocycles. The van der Waals surface area contributed by atoms with Gasteiger partial charge in [0.05, 0.1) is 13.0 Å². The molecule has 0 unspecified atom stereocenters. The molecule has 0 bridgehead atoms. The number of carbonyl (C=O) groups is 1. The van der Waals surface area contributed by atoms with Crippen molar-refractivity contribution in [1.29, 1.82) is 0 Å². The van der Waals surface area contributed by atoms with Gasteiger partial charge >= 0.3 is 0 Å². The third kappa shape index (κ3) is 3.00. The predicted octanol–water partition coefficient (Wildman–Crippen LogP) is 3.35. The van der Waals surface area contributed by atoms with Gasteiger partial charge in [0.25, 0.3) is 0 Å². The van der Waals surface area contributed by atoms with Gasteiger partial charge in [-0.1, -0.05) is 30.3 Å². The Morgan fingerprint density at radius 3 is 3.08 bits per heavy atom. The number of rotatable bonds is 4. The summed E-state index contributed by atoms with van der Waals surface area (Å²) in [6.07, 6.45) is 4.41. The van der Waals surface area contributed by atoms with Crippen LogP contribution in [-0.4, -0.2) is 17.5 Å².